The molecule has 1 atom stereocenters. The molecule has 6 nitrogen and oxygen atoms in total. The molecule has 1 N–H and O–H groups in total. The van der Waals surface area contributed by atoms with Gasteiger partial charge in [-0.3, -0.25) is 10.1 Å². The number of benzene rings is 3. The summed E-state index contributed by atoms with van der Waals surface area (Å²) in [5.74, 6) is 0.744. The van der Waals surface area contributed by atoms with Crippen LogP contribution in [0.4, 0.5) is 0 Å². The number of rotatable bonds is 8. The Hall–Kier alpha value is -3.80. The van der Waals surface area contributed by atoms with Crippen molar-refractivity contribution in [2.24, 2.45) is 0 Å². The minimum atomic E-state index is -0.409. The van der Waals surface area contributed by atoms with Gasteiger partial charge in [0, 0.05) is 22.0 Å². The van der Waals surface area contributed by atoms with Crippen LogP contribution in [0, 0.1) is 10.1 Å². The molecule has 0 bridgehead atoms. The summed E-state index contributed by atoms with van der Waals surface area (Å²) in [5, 5.41) is 12.4. The van der Waals surface area contributed by atoms with E-state index in [2.05, 4.69) is 4.98 Å². The van der Waals surface area contributed by atoms with Crippen LogP contribution in [0.3, 0.4) is 0 Å². The molecule has 0 radical (unpaired) electrons. The Balaban J connectivity index is 1.66. The van der Waals surface area contributed by atoms with Gasteiger partial charge in [-0.05, 0) is 34.9 Å². The van der Waals surface area contributed by atoms with Crippen LogP contribution in [0.15, 0.2) is 79.0 Å². The van der Waals surface area contributed by atoms with Crippen LogP contribution in [0.1, 0.15) is 22.6 Å². The topological polar surface area (TPSA) is 77.4 Å². The Morgan fingerprint density at radius 3 is 2.53 bits per heavy atom. The molecule has 0 aliphatic rings. The molecular weight excluding hydrogens is 380 g/mol. The summed E-state index contributed by atoms with van der Waals surface area (Å²) in [6.07, 6.45) is 1.85. The first-order valence-corrected chi connectivity index (χ1v) is 9.68. The molecule has 0 fully saturated rings. The third kappa shape index (κ3) is 4.12. The number of nitrogens with zero attached hydrogens (tertiary/aromatic N) is 1. The highest BCUT2D eigenvalue weighted by Crippen LogP contribution is 2.36. The zero-order valence-corrected chi connectivity index (χ0v) is 16.6. The molecule has 0 spiro atoms. The maximum Gasteiger partial charge on any atom is 0.214 e. The van der Waals surface area contributed by atoms with E-state index < -0.39 is 5.92 Å². The highest BCUT2D eigenvalue weighted by molar-refractivity contribution is 5.84. The highest BCUT2D eigenvalue weighted by atomic mass is 16.6. The molecule has 0 saturated carbocycles. The number of hydrogen-bond donors (Lipinski definition) is 1. The second-order valence-corrected chi connectivity index (χ2v) is 7.04. The van der Waals surface area contributed by atoms with Gasteiger partial charge in [-0.1, -0.05) is 54.6 Å². The normalized spacial score (nSPS) is 11.9. The van der Waals surface area contributed by atoms with Gasteiger partial charge in [0.25, 0.3) is 0 Å². The summed E-state index contributed by atoms with van der Waals surface area (Å²) in [4.78, 5) is 14.4. The molecule has 0 aliphatic carbocycles. The SMILES string of the molecule is COc1cc(C(C[N+](=O)[O-])c2c[nH]c3ccccc23)ccc1OCc1ccccc1. The molecule has 1 heterocycles. The number of aromatic nitrogens is 1. The summed E-state index contributed by atoms with van der Waals surface area (Å²) in [6, 6.07) is 23.2. The van der Waals surface area contributed by atoms with Gasteiger partial charge >= 0.3 is 0 Å². The van der Waals surface area contributed by atoms with Crippen LogP contribution in [-0.2, 0) is 6.61 Å². The number of aromatic amines is 1. The molecule has 3 aromatic carbocycles. The lowest BCUT2D eigenvalue weighted by Gasteiger charge is -2.17. The van der Waals surface area contributed by atoms with Crippen molar-refractivity contribution in [3.05, 3.63) is 106 Å². The van der Waals surface area contributed by atoms with Gasteiger partial charge in [-0.15, -0.1) is 0 Å². The number of nitro groups is 1. The Morgan fingerprint density at radius 2 is 1.77 bits per heavy atom. The Morgan fingerprint density at radius 1 is 1.00 bits per heavy atom. The van der Waals surface area contributed by atoms with Crippen molar-refractivity contribution in [1.82, 2.24) is 4.98 Å². The number of H-pyrrole nitrogens is 1. The molecular formula is C24H22N2O4. The first-order valence-electron chi connectivity index (χ1n) is 9.68. The Labute approximate surface area is 174 Å². The van der Waals surface area contributed by atoms with Gasteiger partial charge in [0.15, 0.2) is 11.5 Å². The van der Waals surface area contributed by atoms with Crippen molar-refractivity contribution in [2.75, 3.05) is 13.7 Å². The summed E-state index contributed by atoms with van der Waals surface area (Å²) >= 11 is 0. The van der Waals surface area contributed by atoms with E-state index in [1.54, 1.807) is 7.11 Å². The maximum absolute atomic E-state index is 11.4. The van der Waals surface area contributed by atoms with Gasteiger partial charge in [0.2, 0.25) is 6.54 Å². The van der Waals surface area contributed by atoms with Crippen LogP contribution in [0.2, 0.25) is 0 Å². The van der Waals surface area contributed by atoms with E-state index in [-0.39, 0.29) is 11.5 Å². The number of hydrogen-bond acceptors (Lipinski definition) is 4. The van der Waals surface area contributed by atoms with E-state index >= 15 is 0 Å². The standard InChI is InChI=1S/C24H22N2O4/c1-29-24-13-18(11-12-23(24)30-16-17-7-3-2-4-8-17)21(15-26(27)28)20-14-25-22-10-6-5-9-19(20)22/h2-14,21,25H,15-16H2,1H3. The molecule has 152 valence electrons. The monoisotopic (exact) mass is 402 g/mol. The highest BCUT2D eigenvalue weighted by Gasteiger charge is 2.24. The number of para-hydroxylation sites is 1. The van der Waals surface area contributed by atoms with E-state index in [1.807, 2.05) is 79.0 Å². The molecule has 1 unspecified atom stereocenters. The molecule has 0 aliphatic heterocycles. The largest absolute Gasteiger partial charge is 0.493 e. The summed E-state index contributed by atoms with van der Waals surface area (Å²) in [7, 11) is 1.57. The third-order valence-corrected chi connectivity index (χ3v) is 5.16. The van der Waals surface area contributed by atoms with E-state index in [9.17, 15) is 10.1 Å². The van der Waals surface area contributed by atoms with Crippen molar-refractivity contribution in [3.8, 4) is 11.5 Å². The second-order valence-electron chi connectivity index (χ2n) is 7.04. The van der Waals surface area contributed by atoms with Crippen LogP contribution in [0.25, 0.3) is 10.9 Å². The maximum atomic E-state index is 11.4. The van der Waals surface area contributed by atoms with E-state index in [0.29, 0.717) is 18.1 Å². The second kappa shape index (κ2) is 8.69. The van der Waals surface area contributed by atoms with Gasteiger partial charge in [0.05, 0.1) is 13.0 Å². The summed E-state index contributed by atoms with van der Waals surface area (Å²) in [6.45, 7) is 0.201. The molecule has 30 heavy (non-hydrogen) atoms. The predicted molar refractivity (Wildman–Crippen MR) is 116 cm³/mol. The lowest BCUT2D eigenvalue weighted by atomic mass is 9.90. The summed E-state index contributed by atoms with van der Waals surface area (Å²) < 4.78 is 11.5. The summed E-state index contributed by atoms with van der Waals surface area (Å²) in [5.41, 5.74) is 3.70. The molecule has 0 saturated heterocycles. The number of fused-ring (bicyclic) bond motifs is 1. The average molecular weight is 402 g/mol. The number of nitrogens with one attached hydrogen (secondary N) is 1. The van der Waals surface area contributed by atoms with Crippen molar-refractivity contribution >= 4 is 10.9 Å². The van der Waals surface area contributed by atoms with Gasteiger partial charge in [0.1, 0.15) is 6.61 Å². The fourth-order valence-corrected chi connectivity index (χ4v) is 3.67. The first kappa shape index (κ1) is 19.5. The van der Waals surface area contributed by atoms with Gasteiger partial charge in [-0.2, -0.15) is 0 Å². The molecule has 4 aromatic rings. The average Bonchev–Trinajstić information content (AvgIpc) is 3.20. The van der Waals surface area contributed by atoms with Crippen LogP contribution >= 0.6 is 0 Å². The van der Waals surface area contributed by atoms with Gasteiger partial charge in [-0.25, -0.2) is 0 Å². The smallest absolute Gasteiger partial charge is 0.214 e. The van der Waals surface area contributed by atoms with E-state index in [0.717, 1.165) is 27.6 Å². The number of ether oxygens (including phenoxy) is 2. The molecule has 4 rings (SSSR count). The van der Waals surface area contributed by atoms with Gasteiger partial charge < -0.3 is 14.5 Å². The predicted octanol–water partition coefficient (Wildman–Crippen LogP) is 5.16. The van der Waals surface area contributed by atoms with Crippen LogP contribution < -0.4 is 9.47 Å². The van der Waals surface area contributed by atoms with Crippen molar-refractivity contribution in [3.63, 3.8) is 0 Å². The minimum absolute atomic E-state index is 0.213. The lowest BCUT2D eigenvalue weighted by molar-refractivity contribution is -0.481. The van der Waals surface area contributed by atoms with Crippen molar-refractivity contribution in [2.45, 2.75) is 12.5 Å². The van der Waals surface area contributed by atoms with Crippen LogP contribution in [-0.4, -0.2) is 23.6 Å². The van der Waals surface area contributed by atoms with Crippen LogP contribution in [0.5, 0.6) is 11.5 Å². The Bertz CT molecular complexity index is 1150. The Kier molecular flexibility index (Phi) is 5.66. The van der Waals surface area contributed by atoms with E-state index in [4.69, 9.17) is 9.47 Å². The molecule has 0 amide bonds. The quantitative estimate of drug-likeness (QED) is 0.326. The number of methoxy groups -OCH3 is 1. The van der Waals surface area contributed by atoms with Crippen molar-refractivity contribution < 1.29 is 14.4 Å². The minimum Gasteiger partial charge on any atom is -0.493 e. The molecule has 1 aromatic heterocycles. The first-order chi connectivity index (χ1) is 14.7. The van der Waals surface area contributed by atoms with Crippen molar-refractivity contribution in [1.29, 1.82) is 0 Å². The molecule has 6 heteroatoms. The zero-order valence-electron chi connectivity index (χ0n) is 16.6. The fraction of sp³-hybridized carbons (Fsp3) is 0.167. The van der Waals surface area contributed by atoms with E-state index in [1.165, 1.54) is 0 Å². The zero-order chi connectivity index (χ0) is 20.9. The lowest BCUT2D eigenvalue weighted by Crippen LogP contribution is -2.14. The fourth-order valence-electron chi connectivity index (χ4n) is 3.67. The third-order valence-electron chi connectivity index (χ3n) is 5.16.